The molecule has 4 rings (SSSR count). The van der Waals surface area contributed by atoms with Crippen LogP contribution in [0.1, 0.15) is 61.9 Å². The Labute approximate surface area is 181 Å². The third-order valence-electron chi connectivity index (χ3n) is 6.09. The summed E-state index contributed by atoms with van der Waals surface area (Å²) in [6, 6.07) is 11.5. The summed E-state index contributed by atoms with van der Waals surface area (Å²) in [5.41, 5.74) is 1.10. The number of aromatic nitrogens is 2. The van der Waals surface area contributed by atoms with Crippen LogP contribution in [0.2, 0.25) is 0 Å². The smallest absolute Gasteiger partial charge is 0.265 e. The highest BCUT2D eigenvalue weighted by atomic mass is 19.1. The van der Waals surface area contributed by atoms with Gasteiger partial charge in [-0.2, -0.15) is 0 Å². The van der Waals surface area contributed by atoms with E-state index in [1.54, 1.807) is 30.5 Å². The third-order valence-corrected chi connectivity index (χ3v) is 6.09. The number of hydrogen-bond acceptors (Lipinski definition) is 3. The molecule has 2 aromatic heterocycles. The Bertz CT molecular complexity index is 1130. The van der Waals surface area contributed by atoms with Crippen molar-refractivity contribution in [2.24, 2.45) is 0 Å². The van der Waals surface area contributed by atoms with Crippen molar-refractivity contribution in [3.63, 3.8) is 0 Å². The Morgan fingerprint density at radius 1 is 1.16 bits per heavy atom. The van der Waals surface area contributed by atoms with Gasteiger partial charge in [-0.25, -0.2) is 9.37 Å². The maximum Gasteiger partial charge on any atom is 0.265 e. The summed E-state index contributed by atoms with van der Waals surface area (Å²) >= 11 is 0. The number of rotatable bonds is 5. The zero-order valence-corrected chi connectivity index (χ0v) is 18.1. The monoisotopic (exact) mass is 421 g/mol. The topological polar surface area (TPSA) is 55.2 Å². The van der Waals surface area contributed by atoms with E-state index in [1.165, 1.54) is 23.1 Å². The van der Waals surface area contributed by atoms with Crippen LogP contribution in [0.3, 0.4) is 0 Å². The molecule has 1 aliphatic rings. The molecule has 162 valence electrons. The summed E-state index contributed by atoms with van der Waals surface area (Å²) in [5.74, 6) is -0.548. The molecule has 1 saturated carbocycles. The number of benzene rings is 1. The van der Waals surface area contributed by atoms with Crippen LogP contribution in [0.25, 0.3) is 11.0 Å². The minimum Gasteiger partial charge on any atom is -0.333 e. The number of halogens is 1. The van der Waals surface area contributed by atoms with Crippen LogP contribution in [-0.2, 0) is 6.54 Å². The molecule has 31 heavy (non-hydrogen) atoms. The number of pyridine rings is 2. The minimum absolute atomic E-state index is 0.00476. The van der Waals surface area contributed by atoms with Crippen molar-refractivity contribution < 1.29 is 9.18 Å². The Morgan fingerprint density at radius 3 is 2.55 bits per heavy atom. The molecule has 0 radical (unpaired) electrons. The maximum atomic E-state index is 13.6. The number of amides is 1. The molecule has 1 amide bonds. The number of carbonyl (C=O) groups is 1. The lowest BCUT2D eigenvalue weighted by molar-refractivity contribution is 0.0553. The van der Waals surface area contributed by atoms with Crippen molar-refractivity contribution in [2.75, 3.05) is 0 Å². The van der Waals surface area contributed by atoms with E-state index < -0.39 is 0 Å². The average Bonchev–Trinajstić information content (AvgIpc) is 2.77. The number of fused-ring (bicyclic) bond motifs is 1. The summed E-state index contributed by atoms with van der Waals surface area (Å²) in [6.07, 6.45) is 7.00. The first-order valence-corrected chi connectivity index (χ1v) is 11.0. The highest BCUT2D eigenvalue weighted by Crippen LogP contribution is 2.26. The largest absolute Gasteiger partial charge is 0.333 e. The van der Waals surface area contributed by atoms with Crippen LogP contribution in [0.4, 0.5) is 4.39 Å². The van der Waals surface area contributed by atoms with Gasteiger partial charge in [0, 0.05) is 23.7 Å². The minimum atomic E-state index is -0.359. The van der Waals surface area contributed by atoms with Gasteiger partial charge in [0.15, 0.2) is 0 Å². The van der Waals surface area contributed by atoms with Gasteiger partial charge in [-0.1, -0.05) is 31.4 Å². The second kappa shape index (κ2) is 9.00. The van der Waals surface area contributed by atoms with Gasteiger partial charge < -0.3 is 4.90 Å². The van der Waals surface area contributed by atoms with E-state index in [0.717, 1.165) is 36.6 Å². The van der Waals surface area contributed by atoms with Crippen molar-refractivity contribution in [1.29, 1.82) is 0 Å². The van der Waals surface area contributed by atoms with Gasteiger partial charge in [-0.05, 0) is 62.6 Å². The molecule has 0 unspecified atom stereocenters. The van der Waals surface area contributed by atoms with Gasteiger partial charge in [-0.3, -0.25) is 14.2 Å². The second-order valence-corrected chi connectivity index (χ2v) is 8.59. The first-order valence-electron chi connectivity index (χ1n) is 11.0. The molecule has 0 aliphatic heterocycles. The van der Waals surface area contributed by atoms with Crippen molar-refractivity contribution in [3.05, 3.63) is 76.0 Å². The van der Waals surface area contributed by atoms with E-state index in [-0.39, 0.29) is 41.5 Å². The SMILES string of the molecule is CC(C)N(C(=O)c1cc2cccnc2n(Cc2ccc(F)cc2)c1=O)C1CCCCC1. The van der Waals surface area contributed by atoms with Gasteiger partial charge >= 0.3 is 0 Å². The molecule has 0 saturated heterocycles. The van der Waals surface area contributed by atoms with Crippen molar-refractivity contribution in [1.82, 2.24) is 14.5 Å². The summed E-state index contributed by atoms with van der Waals surface area (Å²) < 4.78 is 14.9. The molecule has 3 aromatic rings. The lowest BCUT2D eigenvalue weighted by atomic mass is 9.93. The predicted octanol–water partition coefficient (Wildman–Crippen LogP) is 4.77. The van der Waals surface area contributed by atoms with Crippen LogP contribution in [0.15, 0.2) is 53.5 Å². The van der Waals surface area contributed by atoms with Crippen LogP contribution in [0.5, 0.6) is 0 Å². The van der Waals surface area contributed by atoms with E-state index in [0.29, 0.717) is 5.65 Å². The number of nitrogens with zero attached hydrogens (tertiary/aromatic N) is 3. The average molecular weight is 422 g/mol. The standard InChI is InChI=1S/C25H28FN3O2/c1-17(2)29(21-8-4-3-5-9-21)25(31)22-15-19-7-6-14-27-23(19)28(24(22)30)16-18-10-12-20(26)13-11-18/h6-7,10-15,17,21H,3-5,8-9,16H2,1-2H3. The zero-order chi connectivity index (χ0) is 22.0. The van der Waals surface area contributed by atoms with Crippen LogP contribution in [-0.4, -0.2) is 32.4 Å². The van der Waals surface area contributed by atoms with Gasteiger partial charge in [0.05, 0.1) is 6.54 Å². The molecule has 5 nitrogen and oxygen atoms in total. The molecular formula is C25H28FN3O2. The third kappa shape index (κ3) is 4.38. The number of carbonyl (C=O) groups excluding carboxylic acids is 1. The molecule has 0 atom stereocenters. The maximum absolute atomic E-state index is 13.6. The molecule has 6 heteroatoms. The highest BCUT2D eigenvalue weighted by Gasteiger charge is 2.30. The first kappa shape index (κ1) is 21.2. The quantitative estimate of drug-likeness (QED) is 0.596. The first-order chi connectivity index (χ1) is 15.0. The fraction of sp³-hybridized carbons (Fsp3) is 0.400. The molecule has 0 spiro atoms. The zero-order valence-electron chi connectivity index (χ0n) is 18.1. The second-order valence-electron chi connectivity index (χ2n) is 8.59. The molecule has 0 bridgehead atoms. The van der Waals surface area contributed by atoms with E-state index in [9.17, 15) is 14.0 Å². The Hall–Kier alpha value is -3.02. The van der Waals surface area contributed by atoms with Gasteiger partial charge in [0.1, 0.15) is 17.0 Å². The van der Waals surface area contributed by atoms with Crippen LogP contribution >= 0.6 is 0 Å². The normalized spacial score (nSPS) is 14.8. The molecule has 0 N–H and O–H groups in total. The molecule has 1 aliphatic carbocycles. The van der Waals surface area contributed by atoms with Crippen LogP contribution in [0, 0.1) is 5.82 Å². The Kier molecular flexibility index (Phi) is 6.16. The van der Waals surface area contributed by atoms with E-state index in [2.05, 4.69) is 4.98 Å². The van der Waals surface area contributed by atoms with Crippen LogP contribution < -0.4 is 5.56 Å². The predicted molar refractivity (Wildman–Crippen MR) is 120 cm³/mol. The molecular weight excluding hydrogens is 393 g/mol. The van der Waals surface area contributed by atoms with Crippen molar-refractivity contribution >= 4 is 16.9 Å². The van der Waals surface area contributed by atoms with Crippen molar-refractivity contribution in [3.8, 4) is 0 Å². The fourth-order valence-corrected chi connectivity index (χ4v) is 4.60. The summed E-state index contributed by atoms with van der Waals surface area (Å²) in [6.45, 7) is 4.23. The van der Waals surface area contributed by atoms with E-state index in [4.69, 9.17) is 0 Å². The van der Waals surface area contributed by atoms with E-state index >= 15 is 0 Å². The molecule has 2 heterocycles. The molecule has 1 fully saturated rings. The fourth-order valence-electron chi connectivity index (χ4n) is 4.60. The van der Waals surface area contributed by atoms with E-state index in [1.807, 2.05) is 24.8 Å². The van der Waals surface area contributed by atoms with Gasteiger partial charge in [0.2, 0.25) is 0 Å². The van der Waals surface area contributed by atoms with Gasteiger partial charge in [0.25, 0.3) is 11.5 Å². The van der Waals surface area contributed by atoms with Crippen molar-refractivity contribution in [2.45, 2.75) is 64.6 Å². The Balaban J connectivity index is 1.80. The number of hydrogen-bond donors (Lipinski definition) is 0. The molecule has 1 aromatic carbocycles. The lowest BCUT2D eigenvalue weighted by Gasteiger charge is -2.37. The summed E-state index contributed by atoms with van der Waals surface area (Å²) in [7, 11) is 0. The Morgan fingerprint density at radius 2 is 1.87 bits per heavy atom. The summed E-state index contributed by atoms with van der Waals surface area (Å²) in [5, 5.41) is 0.736. The summed E-state index contributed by atoms with van der Waals surface area (Å²) in [4.78, 5) is 33.4. The lowest BCUT2D eigenvalue weighted by Crippen LogP contribution is -2.47. The highest BCUT2D eigenvalue weighted by molar-refractivity contribution is 5.97. The van der Waals surface area contributed by atoms with Gasteiger partial charge in [-0.15, -0.1) is 0 Å².